The zero-order valence-electron chi connectivity index (χ0n) is 24.9. The Labute approximate surface area is 272 Å². The van der Waals surface area contributed by atoms with E-state index in [9.17, 15) is 24.4 Å². The lowest BCUT2D eigenvalue weighted by atomic mass is 9.74. The van der Waals surface area contributed by atoms with Gasteiger partial charge < -0.3 is 14.5 Å². The molecule has 4 heterocycles. The summed E-state index contributed by atoms with van der Waals surface area (Å²) >= 11 is 12.3. The predicted octanol–water partition coefficient (Wildman–Crippen LogP) is 4.07. The molecule has 3 fully saturated rings. The molecule has 10 nitrogen and oxygen atoms in total. The molecular formula is C33H35Cl2N5O5. The lowest BCUT2D eigenvalue weighted by Crippen LogP contribution is -2.52. The molecule has 45 heavy (non-hydrogen) atoms. The Morgan fingerprint density at radius 3 is 2.60 bits per heavy atom. The number of hydrogen-bond donors (Lipinski definition) is 1. The van der Waals surface area contributed by atoms with Gasteiger partial charge in [-0.05, 0) is 74.9 Å². The summed E-state index contributed by atoms with van der Waals surface area (Å²) in [6, 6.07) is 12.3. The van der Waals surface area contributed by atoms with E-state index in [1.54, 1.807) is 24.3 Å². The highest BCUT2D eigenvalue weighted by molar-refractivity contribution is 6.42. The molecule has 3 saturated heterocycles. The molecule has 0 saturated carbocycles. The molecule has 4 amide bonds. The highest BCUT2D eigenvalue weighted by Crippen LogP contribution is 2.38. The van der Waals surface area contributed by atoms with Crippen molar-refractivity contribution in [3.63, 3.8) is 0 Å². The Balaban J connectivity index is 1.01. The summed E-state index contributed by atoms with van der Waals surface area (Å²) in [6.07, 6.45) is 4.05. The molecule has 4 aliphatic rings. The second-order valence-corrected chi connectivity index (χ2v) is 13.0. The molecule has 0 aromatic heterocycles. The fraction of sp³-hybridized carbons (Fsp3) is 0.485. The number of hydrogen-bond acceptors (Lipinski definition) is 7. The van der Waals surface area contributed by atoms with Crippen LogP contribution in [0.2, 0.25) is 10.0 Å². The van der Waals surface area contributed by atoms with E-state index in [4.69, 9.17) is 27.9 Å². The summed E-state index contributed by atoms with van der Waals surface area (Å²) in [7, 11) is 0. The van der Waals surface area contributed by atoms with Gasteiger partial charge in [-0.2, -0.15) is 5.26 Å². The fourth-order valence-electron chi connectivity index (χ4n) is 7.09. The Kier molecular flexibility index (Phi) is 9.05. The minimum atomic E-state index is -0.696. The molecular weight excluding hydrogens is 617 g/mol. The molecule has 4 aliphatic heterocycles. The third-order valence-corrected chi connectivity index (χ3v) is 10.4. The zero-order valence-corrected chi connectivity index (χ0v) is 26.4. The number of amides is 4. The van der Waals surface area contributed by atoms with E-state index in [2.05, 4.69) is 16.3 Å². The van der Waals surface area contributed by atoms with E-state index in [0.29, 0.717) is 73.3 Å². The van der Waals surface area contributed by atoms with Crippen LogP contribution in [0.5, 0.6) is 5.75 Å². The number of ether oxygens (including phenoxy) is 1. The molecule has 1 unspecified atom stereocenters. The number of nitriles is 1. The third kappa shape index (κ3) is 6.14. The SMILES string of the molecule is N#CC1(c2ccc(Cl)c(Cl)c2)CCN(C(=O)[C@H]2CCCN2CCCOc2cccc3c2CN(C2CCC(=O)NC2=O)C3=O)CC1. The number of benzene rings is 2. The number of halogens is 2. The van der Waals surface area contributed by atoms with E-state index in [1.807, 2.05) is 17.0 Å². The molecule has 2 atom stereocenters. The van der Waals surface area contributed by atoms with Gasteiger partial charge in [-0.1, -0.05) is 35.3 Å². The summed E-state index contributed by atoms with van der Waals surface area (Å²) in [4.78, 5) is 56.3. The maximum atomic E-state index is 13.6. The van der Waals surface area contributed by atoms with Crippen LogP contribution in [-0.2, 0) is 26.3 Å². The monoisotopic (exact) mass is 651 g/mol. The number of carbonyl (C=O) groups is 4. The Bertz CT molecular complexity index is 1570. The van der Waals surface area contributed by atoms with E-state index in [-0.39, 0.29) is 36.7 Å². The molecule has 6 rings (SSSR count). The smallest absolute Gasteiger partial charge is 0.255 e. The number of carbonyl (C=O) groups excluding carboxylic acids is 4. The van der Waals surface area contributed by atoms with Crippen LogP contribution in [0.4, 0.5) is 0 Å². The van der Waals surface area contributed by atoms with Gasteiger partial charge in [0.05, 0.1) is 40.7 Å². The summed E-state index contributed by atoms with van der Waals surface area (Å²) in [5.41, 5.74) is 1.41. The fourth-order valence-corrected chi connectivity index (χ4v) is 7.39. The van der Waals surface area contributed by atoms with Crippen LogP contribution in [0.1, 0.15) is 66.4 Å². The van der Waals surface area contributed by atoms with Gasteiger partial charge in [0.25, 0.3) is 5.91 Å². The second kappa shape index (κ2) is 13.0. The van der Waals surface area contributed by atoms with Crippen molar-refractivity contribution in [3.05, 3.63) is 63.1 Å². The van der Waals surface area contributed by atoms with Crippen molar-refractivity contribution < 1.29 is 23.9 Å². The van der Waals surface area contributed by atoms with Crippen LogP contribution in [0, 0.1) is 11.3 Å². The quantitative estimate of drug-likeness (QED) is 0.337. The maximum absolute atomic E-state index is 13.6. The van der Waals surface area contributed by atoms with Gasteiger partial charge in [-0.25, -0.2) is 0 Å². The molecule has 236 valence electrons. The van der Waals surface area contributed by atoms with Crippen LogP contribution in [0.15, 0.2) is 36.4 Å². The number of fused-ring (bicyclic) bond motifs is 1. The third-order valence-electron chi connectivity index (χ3n) is 9.65. The number of rotatable bonds is 8. The van der Waals surface area contributed by atoms with Crippen LogP contribution in [0.25, 0.3) is 0 Å². The molecule has 12 heteroatoms. The van der Waals surface area contributed by atoms with Crippen molar-refractivity contribution in [2.45, 2.75) is 69.0 Å². The molecule has 0 bridgehead atoms. The number of nitrogens with one attached hydrogen (secondary N) is 1. The number of likely N-dealkylation sites (tertiary alicyclic amines) is 2. The molecule has 2 aromatic carbocycles. The highest BCUT2D eigenvalue weighted by atomic mass is 35.5. The van der Waals surface area contributed by atoms with Crippen LogP contribution in [0.3, 0.4) is 0 Å². The summed E-state index contributed by atoms with van der Waals surface area (Å²) < 4.78 is 6.14. The molecule has 0 radical (unpaired) electrons. The maximum Gasteiger partial charge on any atom is 0.255 e. The first-order valence-corrected chi connectivity index (χ1v) is 16.3. The minimum Gasteiger partial charge on any atom is -0.493 e. The van der Waals surface area contributed by atoms with Crippen LogP contribution in [-0.4, -0.2) is 83.2 Å². The van der Waals surface area contributed by atoms with Gasteiger partial charge in [0.1, 0.15) is 11.8 Å². The van der Waals surface area contributed by atoms with Crippen molar-refractivity contribution in [1.82, 2.24) is 20.0 Å². The van der Waals surface area contributed by atoms with E-state index >= 15 is 0 Å². The normalized spacial score (nSPS) is 23.1. The lowest BCUT2D eigenvalue weighted by molar-refractivity contribution is -0.138. The largest absolute Gasteiger partial charge is 0.493 e. The van der Waals surface area contributed by atoms with Gasteiger partial charge in [0, 0.05) is 37.2 Å². The Morgan fingerprint density at radius 1 is 1.07 bits per heavy atom. The van der Waals surface area contributed by atoms with Gasteiger partial charge in [-0.15, -0.1) is 0 Å². The minimum absolute atomic E-state index is 0.113. The zero-order chi connectivity index (χ0) is 31.7. The van der Waals surface area contributed by atoms with E-state index in [1.165, 1.54) is 4.90 Å². The van der Waals surface area contributed by atoms with Crippen molar-refractivity contribution in [1.29, 1.82) is 5.26 Å². The average molecular weight is 653 g/mol. The Morgan fingerprint density at radius 2 is 1.87 bits per heavy atom. The average Bonchev–Trinajstić information content (AvgIpc) is 3.65. The predicted molar refractivity (Wildman–Crippen MR) is 167 cm³/mol. The summed E-state index contributed by atoms with van der Waals surface area (Å²) in [5, 5.41) is 13.3. The first-order chi connectivity index (χ1) is 21.7. The number of imide groups is 1. The summed E-state index contributed by atoms with van der Waals surface area (Å²) in [5.74, 6) is -0.263. The number of piperidine rings is 2. The summed E-state index contributed by atoms with van der Waals surface area (Å²) in [6.45, 7) is 3.23. The Hall–Kier alpha value is -3.65. The van der Waals surface area contributed by atoms with Crippen LogP contribution >= 0.6 is 23.2 Å². The lowest BCUT2D eigenvalue weighted by Gasteiger charge is -2.39. The van der Waals surface area contributed by atoms with Crippen LogP contribution < -0.4 is 10.1 Å². The highest BCUT2D eigenvalue weighted by Gasteiger charge is 2.42. The standard InChI is InChI=1S/C33H35Cl2N5O5/c34-24-8-7-21(18-25(24)35)33(20-36)11-15-39(16-12-33)32(44)27-5-2-13-38(27)14-3-17-45-28-6-1-4-22-23(28)19-40(31(22)43)26-9-10-29(41)37-30(26)42/h1,4,6-8,18,26-27H,2-3,5,9-17,19H2,(H,37,41,42)/t26?,27-/m1/s1. The number of nitrogens with zero attached hydrogens (tertiary/aromatic N) is 4. The molecule has 0 aliphatic carbocycles. The van der Waals surface area contributed by atoms with E-state index in [0.717, 1.165) is 30.5 Å². The molecule has 0 spiro atoms. The van der Waals surface area contributed by atoms with Gasteiger partial charge in [0.15, 0.2) is 0 Å². The first kappa shape index (κ1) is 31.3. The van der Waals surface area contributed by atoms with Crippen molar-refractivity contribution in [3.8, 4) is 11.8 Å². The van der Waals surface area contributed by atoms with Crippen molar-refractivity contribution >= 4 is 46.8 Å². The molecule has 1 N–H and O–H groups in total. The van der Waals surface area contributed by atoms with Crippen molar-refractivity contribution in [2.24, 2.45) is 0 Å². The van der Waals surface area contributed by atoms with Gasteiger partial charge in [0.2, 0.25) is 17.7 Å². The van der Waals surface area contributed by atoms with Gasteiger partial charge >= 0.3 is 0 Å². The van der Waals surface area contributed by atoms with E-state index < -0.39 is 17.4 Å². The topological polar surface area (TPSA) is 123 Å². The first-order valence-electron chi connectivity index (χ1n) is 15.5. The second-order valence-electron chi connectivity index (χ2n) is 12.2. The van der Waals surface area contributed by atoms with Crippen molar-refractivity contribution in [2.75, 3.05) is 32.8 Å². The van der Waals surface area contributed by atoms with Gasteiger partial charge in [-0.3, -0.25) is 29.4 Å². The molecule has 2 aromatic rings.